The van der Waals surface area contributed by atoms with E-state index in [0.29, 0.717) is 35.0 Å². The van der Waals surface area contributed by atoms with E-state index in [2.05, 4.69) is 69.3 Å². The van der Waals surface area contributed by atoms with E-state index >= 15 is 0 Å². The Morgan fingerprint density at radius 2 is 1.80 bits per heavy atom. The number of carbonyl (C=O) groups is 1. The summed E-state index contributed by atoms with van der Waals surface area (Å²) in [6, 6.07) is 12.8. The number of amides is 1. The van der Waals surface area contributed by atoms with Crippen LogP contribution in [0, 0.1) is 0 Å². The molecule has 10 nitrogen and oxygen atoms in total. The fourth-order valence-corrected chi connectivity index (χ4v) is 5.61. The summed E-state index contributed by atoms with van der Waals surface area (Å²) in [6.07, 6.45) is 9.07. The molecule has 41 heavy (non-hydrogen) atoms. The van der Waals surface area contributed by atoms with E-state index in [1.165, 1.54) is 12.4 Å². The molecule has 2 heterocycles. The molecule has 2 aromatic carbocycles. The van der Waals surface area contributed by atoms with E-state index < -0.39 is 0 Å². The molecule has 0 aliphatic heterocycles. The normalized spacial score (nSPS) is 16.9. The predicted octanol–water partition coefficient (Wildman–Crippen LogP) is 5.22. The van der Waals surface area contributed by atoms with E-state index in [-0.39, 0.29) is 5.91 Å². The van der Waals surface area contributed by atoms with Gasteiger partial charge in [-0.3, -0.25) is 9.48 Å². The topological polar surface area (TPSA) is 100 Å². The quantitative estimate of drug-likeness (QED) is 0.272. The van der Waals surface area contributed by atoms with Gasteiger partial charge in [-0.25, -0.2) is 9.97 Å². The van der Waals surface area contributed by atoms with Gasteiger partial charge >= 0.3 is 0 Å². The molecule has 0 bridgehead atoms. The second kappa shape index (κ2) is 12.0. The van der Waals surface area contributed by atoms with Gasteiger partial charge in [0, 0.05) is 49.3 Å². The summed E-state index contributed by atoms with van der Waals surface area (Å²) in [6.45, 7) is 3.64. The Morgan fingerprint density at radius 3 is 2.51 bits per heavy atom. The average Bonchev–Trinajstić information content (AvgIpc) is 3.36. The molecule has 4 aromatic rings. The van der Waals surface area contributed by atoms with E-state index in [1.54, 1.807) is 7.11 Å². The molecule has 0 unspecified atom stereocenters. The Balaban J connectivity index is 1.44. The molecule has 0 saturated heterocycles. The molecule has 0 radical (unpaired) electrons. The van der Waals surface area contributed by atoms with Crippen molar-refractivity contribution in [2.75, 3.05) is 43.8 Å². The Hall–Kier alpha value is -4.44. The molecule has 1 aliphatic rings. The largest absolute Gasteiger partial charge is 0.494 e. The zero-order valence-electron chi connectivity index (χ0n) is 24.4. The second-order valence-electron chi connectivity index (χ2n) is 10.8. The first kappa shape index (κ1) is 28.1. The van der Waals surface area contributed by atoms with E-state index in [9.17, 15) is 4.79 Å². The Labute approximate surface area is 241 Å². The molecule has 1 amide bonds. The van der Waals surface area contributed by atoms with Crippen LogP contribution in [0.5, 0.6) is 5.75 Å². The summed E-state index contributed by atoms with van der Waals surface area (Å²) in [5.41, 5.74) is 5.03. The first-order valence-electron chi connectivity index (χ1n) is 13.8. The number of carbonyl (C=O) groups excluding carboxylic acids is 1. The molecule has 1 aliphatic carbocycles. The van der Waals surface area contributed by atoms with Gasteiger partial charge in [-0.2, -0.15) is 5.10 Å². The number of anilines is 4. The number of ether oxygens (including phenoxy) is 1. The highest BCUT2D eigenvalue weighted by atomic mass is 16.5. The van der Waals surface area contributed by atoms with Crippen molar-refractivity contribution in [3.8, 4) is 17.0 Å². The first-order chi connectivity index (χ1) is 19.8. The fourth-order valence-electron chi connectivity index (χ4n) is 5.61. The lowest BCUT2D eigenvalue weighted by molar-refractivity contribution is -0.111. The maximum Gasteiger partial charge on any atom is 0.247 e. The summed E-state index contributed by atoms with van der Waals surface area (Å²) in [5.74, 6) is 0.966. The summed E-state index contributed by atoms with van der Waals surface area (Å²) < 4.78 is 7.66. The number of nitrogens with one attached hydrogen (secondary N) is 2. The molecule has 10 heteroatoms. The van der Waals surface area contributed by atoms with Crippen LogP contribution in [0.15, 0.2) is 61.6 Å². The highest BCUT2D eigenvalue weighted by molar-refractivity contribution is 6.02. The number of hydrogen-bond donors (Lipinski definition) is 2. The fraction of sp³-hybridized carbons (Fsp3) is 0.355. The molecule has 0 atom stereocenters. The summed E-state index contributed by atoms with van der Waals surface area (Å²) in [4.78, 5) is 26.0. The predicted molar refractivity (Wildman–Crippen MR) is 165 cm³/mol. The van der Waals surface area contributed by atoms with Crippen molar-refractivity contribution in [3.63, 3.8) is 0 Å². The summed E-state index contributed by atoms with van der Waals surface area (Å²) in [7, 11) is 9.94. The summed E-state index contributed by atoms with van der Waals surface area (Å²) >= 11 is 0. The van der Waals surface area contributed by atoms with Crippen molar-refractivity contribution in [2.24, 2.45) is 7.05 Å². The van der Waals surface area contributed by atoms with Crippen molar-refractivity contribution in [1.29, 1.82) is 0 Å². The molecule has 2 aromatic heterocycles. The summed E-state index contributed by atoms with van der Waals surface area (Å²) in [5, 5.41) is 11.7. The smallest absolute Gasteiger partial charge is 0.247 e. The average molecular weight is 555 g/mol. The lowest BCUT2D eigenvalue weighted by Gasteiger charge is -2.39. The molecule has 1 saturated carbocycles. The van der Waals surface area contributed by atoms with E-state index in [4.69, 9.17) is 4.74 Å². The van der Waals surface area contributed by atoms with E-state index in [0.717, 1.165) is 53.5 Å². The van der Waals surface area contributed by atoms with Crippen LogP contribution >= 0.6 is 0 Å². The number of methoxy groups -OCH3 is 1. The Bertz CT molecular complexity index is 1560. The van der Waals surface area contributed by atoms with Crippen molar-refractivity contribution in [2.45, 2.75) is 37.8 Å². The SMILES string of the molecule is C=CC(=O)Nc1cc(Nc2cc(-c3ccc4c(cnn4C)c3)ncn2)c(OC)cc1N(C)C1CCC(N(C)C)CC1. The molecular weight excluding hydrogens is 516 g/mol. The van der Waals surface area contributed by atoms with Crippen LogP contribution in [0.4, 0.5) is 22.9 Å². The lowest BCUT2D eigenvalue weighted by Crippen LogP contribution is -2.40. The Morgan fingerprint density at radius 1 is 1.05 bits per heavy atom. The zero-order chi connectivity index (χ0) is 29.1. The minimum Gasteiger partial charge on any atom is -0.494 e. The molecule has 1 fully saturated rings. The van der Waals surface area contributed by atoms with Crippen LogP contribution in [-0.4, -0.2) is 70.9 Å². The van der Waals surface area contributed by atoms with Gasteiger partial charge in [0.25, 0.3) is 0 Å². The monoisotopic (exact) mass is 554 g/mol. The van der Waals surface area contributed by atoms with Gasteiger partial charge in [-0.05, 0) is 64.1 Å². The van der Waals surface area contributed by atoms with Crippen LogP contribution in [-0.2, 0) is 11.8 Å². The van der Waals surface area contributed by atoms with Crippen LogP contribution in [0.3, 0.4) is 0 Å². The molecule has 0 spiro atoms. The number of fused-ring (bicyclic) bond motifs is 1. The minimum atomic E-state index is -0.276. The number of nitrogens with zero attached hydrogens (tertiary/aromatic N) is 6. The van der Waals surface area contributed by atoms with E-state index in [1.807, 2.05) is 48.3 Å². The van der Waals surface area contributed by atoms with Gasteiger partial charge in [0.15, 0.2) is 0 Å². The number of aromatic nitrogens is 4. The van der Waals surface area contributed by atoms with Crippen LogP contribution in [0.25, 0.3) is 22.2 Å². The first-order valence-corrected chi connectivity index (χ1v) is 13.8. The number of rotatable bonds is 9. The van der Waals surface area contributed by atoms with Crippen molar-refractivity contribution < 1.29 is 9.53 Å². The van der Waals surface area contributed by atoms with Crippen LogP contribution in [0.2, 0.25) is 0 Å². The van der Waals surface area contributed by atoms with Gasteiger partial charge < -0.3 is 25.2 Å². The zero-order valence-corrected chi connectivity index (χ0v) is 24.4. The van der Waals surface area contributed by atoms with Gasteiger partial charge in [0.1, 0.15) is 17.9 Å². The number of hydrogen-bond acceptors (Lipinski definition) is 8. The van der Waals surface area contributed by atoms with Gasteiger partial charge in [0.05, 0.1) is 41.6 Å². The van der Waals surface area contributed by atoms with Crippen molar-refractivity contribution >= 4 is 39.7 Å². The standard InChI is InChI=1S/C31H38N8O2/c1-7-31(40)36-25-15-26(29(41-6)17-28(25)38(4)23-11-9-22(10-12-23)37(2)3)35-30-16-24(32-19-33-30)20-8-13-27-21(14-20)18-34-39(27)5/h7-8,13-19,22-23H,1,9-12H2,2-6H3,(H,36,40)(H,32,33,35). The third-order valence-corrected chi connectivity index (χ3v) is 8.06. The number of aryl methyl sites for hydroxylation is 1. The Kier molecular flexibility index (Phi) is 8.21. The third-order valence-electron chi connectivity index (χ3n) is 8.06. The minimum absolute atomic E-state index is 0.276. The van der Waals surface area contributed by atoms with Crippen molar-refractivity contribution in [3.05, 3.63) is 61.6 Å². The van der Waals surface area contributed by atoms with Gasteiger partial charge in [0.2, 0.25) is 5.91 Å². The maximum absolute atomic E-state index is 12.4. The number of benzene rings is 2. The lowest BCUT2D eigenvalue weighted by atomic mass is 9.89. The third kappa shape index (κ3) is 6.02. The maximum atomic E-state index is 12.4. The van der Waals surface area contributed by atoms with Gasteiger partial charge in [-0.1, -0.05) is 12.6 Å². The van der Waals surface area contributed by atoms with Gasteiger partial charge in [-0.15, -0.1) is 0 Å². The van der Waals surface area contributed by atoms with Crippen molar-refractivity contribution in [1.82, 2.24) is 24.6 Å². The molecule has 5 rings (SSSR count). The highest BCUT2D eigenvalue weighted by Crippen LogP contribution is 2.40. The van der Waals surface area contributed by atoms with Crippen LogP contribution in [0.1, 0.15) is 25.7 Å². The molecule has 2 N–H and O–H groups in total. The highest BCUT2D eigenvalue weighted by Gasteiger charge is 2.27. The second-order valence-corrected chi connectivity index (χ2v) is 10.8. The van der Waals surface area contributed by atoms with Crippen LogP contribution < -0.4 is 20.3 Å². The molecule has 214 valence electrons. The molecular formula is C31H38N8O2.